The van der Waals surface area contributed by atoms with Crippen LogP contribution in [0.5, 0.6) is 0 Å². The molecular weight excluding hydrogens is 234 g/mol. The number of rotatable bonds is 5. The monoisotopic (exact) mass is 247 g/mol. The van der Waals surface area contributed by atoms with E-state index in [1.807, 2.05) is 0 Å². The number of aromatic nitrogens is 2. The van der Waals surface area contributed by atoms with Crippen LogP contribution < -0.4 is 4.72 Å². The van der Waals surface area contributed by atoms with Gasteiger partial charge in [0.2, 0.25) is 0 Å². The molecule has 0 saturated carbocycles. The van der Waals surface area contributed by atoms with E-state index >= 15 is 0 Å². The second-order valence-corrected chi connectivity index (χ2v) is 5.63. The van der Waals surface area contributed by atoms with Crippen molar-refractivity contribution >= 4 is 16.0 Å². The summed E-state index contributed by atoms with van der Waals surface area (Å²) in [6.07, 6.45) is 0.999. The zero-order chi connectivity index (χ0) is 12.4. The third-order valence-corrected chi connectivity index (χ3v) is 3.40. The minimum atomic E-state index is -3.75. The Morgan fingerprint density at radius 1 is 1.62 bits per heavy atom. The number of aliphatic carboxylic acids is 1. The summed E-state index contributed by atoms with van der Waals surface area (Å²) in [7, 11) is -3.75. The van der Waals surface area contributed by atoms with Gasteiger partial charge >= 0.3 is 5.97 Å². The van der Waals surface area contributed by atoms with Crippen molar-refractivity contribution in [1.82, 2.24) is 14.9 Å². The number of hydrogen-bond acceptors (Lipinski definition) is 4. The number of carboxylic acid groups (broad SMARTS) is 1. The second-order valence-electron chi connectivity index (χ2n) is 3.98. The first-order valence-electron chi connectivity index (χ1n) is 4.48. The number of nitrogens with zero attached hydrogens (tertiary/aromatic N) is 1. The minimum absolute atomic E-state index is 0.0917. The summed E-state index contributed by atoms with van der Waals surface area (Å²) in [5.74, 6) is -1.07. The molecule has 0 aliphatic rings. The summed E-state index contributed by atoms with van der Waals surface area (Å²) < 4.78 is 25.7. The number of sulfonamides is 1. The summed E-state index contributed by atoms with van der Waals surface area (Å²) >= 11 is 0. The van der Waals surface area contributed by atoms with E-state index in [9.17, 15) is 13.2 Å². The molecule has 0 aliphatic heterocycles. The lowest BCUT2D eigenvalue weighted by molar-refractivity contribution is -0.138. The van der Waals surface area contributed by atoms with E-state index in [0.29, 0.717) is 0 Å². The van der Waals surface area contributed by atoms with E-state index in [-0.39, 0.29) is 11.4 Å². The van der Waals surface area contributed by atoms with Gasteiger partial charge in [-0.25, -0.2) is 13.1 Å². The van der Waals surface area contributed by atoms with Gasteiger partial charge < -0.3 is 5.11 Å². The van der Waals surface area contributed by atoms with Gasteiger partial charge in [-0.15, -0.1) is 0 Å². The summed E-state index contributed by atoms with van der Waals surface area (Å²) in [5, 5.41) is 14.4. The first kappa shape index (κ1) is 12.7. The lowest BCUT2D eigenvalue weighted by Gasteiger charge is -2.23. The number of hydrogen-bond donors (Lipinski definition) is 3. The molecule has 0 atom stereocenters. The number of aromatic amines is 1. The maximum absolute atomic E-state index is 11.7. The molecule has 1 aromatic heterocycles. The molecular formula is C8H13N3O4S. The Labute approximate surface area is 92.9 Å². The Morgan fingerprint density at radius 3 is 2.69 bits per heavy atom. The van der Waals surface area contributed by atoms with Crippen LogP contribution in [-0.4, -0.2) is 35.2 Å². The Hall–Kier alpha value is -1.41. The maximum Gasteiger partial charge on any atom is 0.305 e. The van der Waals surface area contributed by atoms with Crippen molar-refractivity contribution < 1.29 is 18.3 Å². The molecule has 0 fully saturated rings. The smallest absolute Gasteiger partial charge is 0.305 e. The molecule has 1 heterocycles. The highest BCUT2D eigenvalue weighted by Gasteiger charge is 2.29. The molecule has 1 rings (SSSR count). The molecule has 0 saturated heterocycles. The standard InChI is InChI=1S/C8H13N3O4S/c1-8(2,5-7(12)13)11-16(14,15)6-3-4-9-10-6/h3-4,11H,5H2,1-2H3,(H,9,10)(H,12,13). The van der Waals surface area contributed by atoms with E-state index in [1.165, 1.54) is 26.1 Å². The van der Waals surface area contributed by atoms with E-state index in [4.69, 9.17) is 5.11 Å². The Morgan fingerprint density at radius 2 is 2.25 bits per heavy atom. The third-order valence-electron chi connectivity index (χ3n) is 1.77. The number of nitrogens with one attached hydrogen (secondary N) is 2. The van der Waals surface area contributed by atoms with Crippen molar-refractivity contribution in [3.8, 4) is 0 Å². The van der Waals surface area contributed by atoms with Crippen LogP contribution in [0.3, 0.4) is 0 Å². The van der Waals surface area contributed by atoms with Gasteiger partial charge in [-0.05, 0) is 19.9 Å². The second kappa shape index (κ2) is 4.22. The van der Waals surface area contributed by atoms with E-state index in [1.54, 1.807) is 0 Å². The fraction of sp³-hybridized carbons (Fsp3) is 0.500. The van der Waals surface area contributed by atoms with Gasteiger partial charge in [0, 0.05) is 5.54 Å². The first-order valence-corrected chi connectivity index (χ1v) is 5.96. The molecule has 0 aromatic carbocycles. The fourth-order valence-electron chi connectivity index (χ4n) is 1.23. The predicted octanol–water partition coefficient (Wildman–Crippen LogP) is -0.0587. The summed E-state index contributed by atoms with van der Waals surface area (Å²) in [6, 6.07) is 1.29. The minimum Gasteiger partial charge on any atom is -0.481 e. The average molecular weight is 247 g/mol. The topological polar surface area (TPSA) is 112 Å². The number of H-pyrrole nitrogens is 1. The summed E-state index contributed by atoms with van der Waals surface area (Å²) in [4.78, 5) is 10.5. The van der Waals surface area contributed by atoms with Crippen molar-refractivity contribution in [3.63, 3.8) is 0 Å². The highest BCUT2D eigenvalue weighted by Crippen LogP contribution is 2.13. The normalized spacial score (nSPS) is 12.6. The molecule has 0 aliphatic carbocycles. The summed E-state index contributed by atoms with van der Waals surface area (Å²) in [5.41, 5.74) is -1.06. The van der Waals surface area contributed by atoms with Gasteiger partial charge in [-0.1, -0.05) is 0 Å². The quantitative estimate of drug-likeness (QED) is 0.674. The van der Waals surface area contributed by atoms with Crippen molar-refractivity contribution in [1.29, 1.82) is 0 Å². The molecule has 90 valence electrons. The Balaban J connectivity index is 2.85. The molecule has 8 heteroatoms. The van der Waals surface area contributed by atoms with Gasteiger partial charge in [0.05, 0.1) is 12.6 Å². The van der Waals surface area contributed by atoms with Crippen molar-refractivity contribution in [2.24, 2.45) is 0 Å². The zero-order valence-corrected chi connectivity index (χ0v) is 9.71. The lowest BCUT2D eigenvalue weighted by atomic mass is 10.0. The van der Waals surface area contributed by atoms with Crippen LogP contribution in [0, 0.1) is 0 Å². The molecule has 1 aromatic rings. The molecule has 7 nitrogen and oxygen atoms in total. The van der Waals surface area contributed by atoms with E-state index in [0.717, 1.165) is 0 Å². The highest BCUT2D eigenvalue weighted by molar-refractivity contribution is 7.89. The van der Waals surface area contributed by atoms with Crippen molar-refractivity contribution in [2.75, 3.05) is 0 Å². The van der Waals surface area contributed by atoms with Crippen LogP contribution >= 0.6 is 0 Å². The lowest BCUT2D eigenvalue weighted by Crippen LogP contribution is -2.44. The number of carboxylic acids is 1. The van der Waals surface area contributed by atoms with Crippen molar-refractivity contribution in [2.45, 2.75) is 30.8 Å². The molecule has 0 radical (unpaired) electrons. The SMILES string of the molecule is CC(C)(CC(=O)O)NS(=O)(=O)c1ccn[nH]1. The Bertz CT molecular complexity index is 463. The van der Waals surface area contributed by atoms with Crippen LogP contribution in [0.2, 0.25) is 0 Å². The Kier molecular flexibility index (Phi) is 3.34. The predicted molar refractivity (Wildman–Crippen MR) is 55.2 cm³/mol. The van der Waals surface area contributed by atoms with Gasteiger partial charge in [-0.2, -0.15) is 5.10 Å². The van der Waals surface area contributed by atoms with E-state index in [2.05, 4.69) is 14.9 Å². The molecule has 0 amide bonds. The van der Waals surface area contributed by atoms with Crippen LogP contribution in [0.4, 0.5) is 0 Å². The molecule has 0 unspecified atom stereocenters. The van der Waals surface area contributed by atoms with Crippen LogP contribution in [0.25, 0.3) is 0 Å². The number of carbonyl (C=O) groups is 1. The van der Waals surface area contributed by atoms with E-state index < -0.39 is 21.5 Å². The zero-order valence-electron chi connectivity index (χ0n) is 8.89. The molecule has 16 heavy (non-hydrogen) atoms. The average Bonchev–Trinajstić information content (AvgIpc) is 2.48. The van der Waals surface area contributed by atoms with Crippen LogP contribution in [0.1, 0.15) is 20.3 Å². The maximum atomic E-state index is 11.7. The largest absolute Gasteiger partial charge is 0.481 e. The third kappa shape index (κ3) is 3.31. The van der Waals surface area contributed by atoms with Gasteiger partial charge in [0.15, 0.2) is 5.03 Å². The molecule has 0 spiro atoms. The first-order chi connectivity index (χ1) is 7.23. The highest BCUT2D eigenvalue weighted by atomic mass is 32.2. The van der Waals surface area contributed by atoms with Crippen molar-refractivity contribution in [3.05, 3.63) is 12.3 Å². The van der Waals surface area contributed by atoms with Gasteiger partial charge in [0.1, 0.15) is 0 Å². The molecule has 3 N–H and O–H groups in total. The van der Waals surface area contributed by atoms with Crippen LogP contribution in [-0.2, 0) is 14.8 Å². The van der Waals surface area contributed by atoms with Gasteiger partial charge in [-0.3, -0.25) is 9.89 Å². The summed E-state index contributed by atoms with van der Waals surface area (Å²) in [6.45, 7) is 2.99. The van der Waals surface area contributed by atoms with Crippen LogP contribution in [0.15, 0.2) is 17.3 Å². The molecule has 0 bridgehead atoms. The fourth-order valence-corrected chi connectivity index (χ4v) is 2.55. The van der Waals surface area contributed by atoms with Gasteiger partial charge in [0.25, 0.3) is 10.0 Å².